The van der Waals surface area contributed by atoms with E-state index in [-0.39, 0.29) is 0 Å². The molecule has 7 aromatic carbocycles. The SMILES string of the molecule is C1=C(c2ccc(-c3c4ccccc4c(-c4ccc5ccccc5c4)c4ccccc34)c3ccccc23)N=C(c2ccncc2)CC1. The largest absolute Gasteiger partial charge is 0.265 e. The predicted octanol–water partition coefficient (Wildman–Crippen LogP) is 11.7. The van der Waals surface area contributed by atoms with Crippen molar-refractivity contribution < 1.29 is 0 Å². The van der Waals surface area contributed by atoms with E-state index < -0.39 is 0 Å². The van der Waals surface area contributed by atoms with E-state index in [2.05, 4.69) is 151 Å². The third kappa shape index (κ3) is 4.34. The van der Waals surface area contributed by atoms with Gasteiger partial charge in [-0.1, -0.05) is 127 Å². The van der Waals surface area contributed by atoms with Crippen LogP contribution in [0.3, 0.4) is 0 Å². The van der Waals surface area contributed by atoms with Crippen LogP contribution >= 0.6 is 0 Å². The van der Waals surface area contributed by atoms with Gasteiger partial charge in [-0.15, -0.1) is 0 Å². The fraction of sp³-hybridized carbons (Fsp3) is 0.0455. The molecule has 9 rings (SSSR count). The van der Waals surface area contributed by atoms with Crippen LogP contribution < -0.4 is 0 Å². The number of benzene rings is 7. The molecule has 46 heavy (non-hydrogen) atoms. The van der Waals surface area contributed by atoms with E-state index in [1.165, 1.54) is 70.9 Å². The predicted molar refractivity (Wildman–Crippen MR) is 195 cm³/mol. The second kappa shape index (κ2) is 10.9. The molecule has 8 aromatic rings. The topological polar surface area (TPSA) is 25.2 Å². The number of nitrogens with zero attached hydrogens (tertiary/aromatic N) is 2. The summed E-state index contributed by atoms with van der Waals surface area (Å²) in [5, 5.41) is 10.0. The Labute approximate surface area is 268 Å². The van der Waals surface area contributed by atoms with Crippen molar-refractivity contribution in [1.29, 1.82) is 0 Å². The van der Waals surface area contributed by atoms with Gasteiger partial charge in [-0.3, -0.25) is 9.98 Å². The van der Waals surface area contributed by atoms with Crippen LogP contribution in [0, 0.1) is 0 Å². The molecule has 2 heterocycles. The standard InChI is InChI=1S/C44H30N2/c1-2-11-31-28-32(21-20-29(31)10-1)43-36-14-5-7-16-38(36)44(39-17-8-6-15-37(39)43)40-23-22-35(33-12-3-4-13-34(33)40)42-19-9-18-41(46-42)30-24-26-45-27-25-30/h1-8,10-17,19-28H,9,18H2. The van der Waals surface area contributed by atoms with E-state index in [1.54, 1.807) is 0 Å². The molecule has 1 aliphatic rings. The zero-order valence-corrected chi connectivity index (χ0v) is 25.3. The van der Waals surface area contributed by atoms with Crippen molar-refractivity contribution in [2.45, 2.75) is 12.8 Å². The molecule has 0 spiro atoms. The molecule has 1 aromatic heterocycles. The van der Waals surface area contributed by atoms with Gasteiger partial charge < -0.3 is 0 Å². The highest BCUT2D eigenvalue weighted by Crippen LogP contribution is 2.46. The summed E-state index contributed by atoms with van der Waals surface area (Å²) in [6, 6.07) is 50.8. The molecule has 0 fully saturated rings. The maximum atomic E-state index is 5.19. The second-order valence-corrected chi connectivity index (χ2v) is 12.0. The van der Waals surface area contributed by atoms with Gasteiger partial charge in [0.2, 0.25) is 0 Å². The normalized spacial score (nSPS) is 13.3. The highest BCUT2D eigenvalue weighted by Gasteiger charge is 2.20. The van der Waals surface area contributed by atoms with E-state index in [4.69, 9.17) is 4.99 Å². The molecule has 0 aliphatic carbocycles. The van der Waals surface area contributed by atoms with Crippen LogP contribution in [0.15, 0.2) is 163 Å². The Kier molecular flexibility index (Phi) is 6.31. The van der Waals surface area contributed by atoms with E-state index in [0.717, 1.165) is 29.8 Å². The number of rotatable bonds is 4. The third-order valence-corrected chi connectivity index (χ3v) is 9.43. The lowest BCUT2D eigenvalue weighted by Gasteiger charge is -2.20. The van der Waals surface area contributed by atoms with Crippen molar-refractivity contribution >= 4 is 54.5 Å². The quantitative estimate of drug-likeness (QED) is 0.188. The molecule has 0 N–H and O–H groups in total. The monoisotopic (exact) mass is 586 g/mol. The Balaban J connectivity index is 1.29. The number of fused-ring (bicyclic) bond motifs is 4. The van der Waals surface area contributed by atoms with Gasteiger partial charge in [0.05, 0.1) is 5.70 Å². The maximum absolute atomic E-state index is 5.19. The summed E-state index contributed by atoms with van der Waals surface area (Å²) in [5.74, 6) is 0. The summed E-state index contributed by atoms with van der Waals surface area (Å²) < 4.78 is 0. The minimum absolute atomic E-state index is 0.936. The van der Waals surface area contributed by atoms with Gasteiger partial charge in [0.1, 0.15) is 0 Å². The van der Waals surface area contributed by atoms with Crippen LogP contribution in [0.2, 0.25) is 0 Å². The number of hydrogen-bond acceptors (Lipinski definition) is 2. The van der Waals surface area contributed by atoms with Crippen molar-refractivity contribution in [3.8, 4) is 22.3 Å². The zero-order chi connectivity index (χ0) is 30.5. The van der Waals surface area contributed by atoms with Gasteiger partial charge >= 0.3 is 0 Å². The lowest BCUT2D eigenvalue weighted by atomic mass is 9.83. The molecule has 0 radical (unpaired) electrons. The average Bonchev–Trinajstić information content (AvgIpc) is 3.14. The van der Waals surface area contributed by atoms with Crippen LogP contribution in [-0.4, -0.2) is 10.7 Å². The number of hydrogen-bond donors (Lipinski definition) is 0. The van der Waals surface area contributed by atoms with E-state index in [0.29, 0.717) is 0 Å². The Morgan fingerprint density at radius 3 is 1.70 bits per heavy atom. The summed E-state index contributed by atoms with van der Waals surface area (Å²) >= 11 is 0. The van der Waals surface area contributed by atoms with Gasteiger partial charge in [0, 0.05) is 23.7 Å². The van der Waals surface area contributed by atoms with Crippen LogP contribution in [0.5, 0.6) is 0 Å². The Bertz CT molecular complexity index is 2460. The molecule has 0 unspecified atom stereocenters. The Hall–Kier alpha value is -5.86. The fourth-order valence-electron chi connectivity index (χ4n) is 7.33. The van der Waals surface area contributed by atoms with Crippen molar-refractivity contribution in [2.75, 3.05) is 0 Å². The highest BCUT2D eigenvalue weighted by atomic mass is 14.8. The first-order valence-corrected chi connectivity index (χ1v) is 16.0. The van der Waals surface area contributed by atoms with Crippen LogP contribution in [0.1, 0.15) is 24.0 Å². The van der Waals surface area contributed by atoms with Crippen molar-refractivity contribution in [2.24, 2.45) is 4.99 Å². The molecule has 2 heteroatoms. The molecule has 1 aliphatic heterocycles. The number of aromatic nitrogens is 1. The van der Waals surface area contributed by atoms with Gasteiger partial charge in [0.15, 0.2) is 0 Å². The summed E-state index contributed by atoms with van der Waals surface area (Å²) in [7, 11) is 0. The molecule has 0 saturated heterocycles. The molecule has 0 amide bonds. The molecule has 2 nitrogen and oxygen atoms in total. The molecular weight excluding hydrogens is 556 g/mol. The lowest BCUT2D eigenvalue weighted by Crippen LogP contribution is -2.05. The van der Waals surface area contributed by atoms with E-state index in [9.17, 15) is 0 Å². The van der Waals surface area contributed by atoms with Crippen LogP contribution in [0.25, 0.3) is 71.0 Å². The number of allylic oxidation sites excluding steroid dienone is 1. The molecule has 216 valence electrons. The highest BCUT2D eigenvalue weighted by molar-refractivity contribution is 6.24. The van der Waals surface area contributed by atoms with E-state index >= 15 is 0 Å². The summed E-state index contributed by atoms with van der Waals surface area (Å²) in [6.07, 6.45) is 7.89. The average molecular weight is 587 g/mol. The first-order chi connectivity index (χ1) is 22.8. The first kappa shape index (κ1) is 26.5. The first-order valence-electron chi connectivity index (χ1n) is 16.0. The fourth-order valence-corrected chi connectivity index (χ4v) is 7.33. The summed E-state index contributed by atoms with van der Waals surface area (Å²) in [4.78, 5) is 9.40. The molecule has 0 saturated carbocycles. The van der Waals surface area contributed by atoms with Crippen LogP contribution in [-0.2, 0) is 0 Å². The van der Waals surface area contributed by atoms with Crippen molar-refractivity contribution in [1.82, 2.24) is 4.98 Å². The van der Waals surface area contributed by atoms with E-state index in [1.807, 2.05) is 12.4 Å². The van der Waals surface area contributed by atoms with Crippen molar-refractivity contribution in [3.63, 3.8) is 0 Å². The third-order valence-electron chi connectivity index (χ3n) is 9.43. The van der Waals surface area contributed by atoms with Crippen LogP contribution in [0.4, 0.5) is 0 Å². The maximum Gasteiger partial charge on any atom is 0.0672 e. The zero-order valence-electron chi connectivity index (χ0n) is 25.3. The van der Waals surface area contributed by atoms with Crippen molar-refractivity contribution in [3.05, 3.63) is 169 Å². The number of pyridine rings is 1. The smallest absolute Gasteiger partial charge is 0.0672 e. The minimum Gasteiger partial charge on any atom is -0.265 e. The second-order valence-electron chi connectivity index (χ2n) is 12.0. The molecular formula is C44H30N2. The van der Waals surface area contributed by atoms with Gasteiger partial charge in [-0.2, -0.15) is 0 Å². The molecule has 0 atom stereocenters. The number of aliphatic imine (C=N–C) groups is 1. The molecule has 0 bridgehead atoms. The van der Waals surface area contributed by atoms with Gasteiger partial charge in [-0.25, -0.2) is 0 Å². The van der Waals surface area contributed by atoms with Gasteiger partial charge in [-0.05, 0) is 102 Å². The summed E-state index contributed by atoms with van der Waals surface area (Å²) in [6.45, 7) is 0. The Morgan fingerprint density at radius 1 is 0.435 bits per heavy atom. The minimum atomic E-state index is 0.936. The Morgan fingerprint density at radius 2 is 1.00 bits per heavy atom. The lowest BCUT2D eigenvalue weighted by molar-refractivity contribution is 1.07. The van der Waals surface area contributed by atoms with Gasteiger partial charge in [0.25, 0.3) is 0 Å². The summed E-state index contributed by atoms with van der Waals surface area (Å²) in [5.41, 5.74) is 9.52.